The van der Waals surface area contributed by atoms with Crippen LogP contribution in [0.5, 0.6) is 0 Å². The van der Waals surface area contributed by atoms with Crippen molar-refractivity contribution in [3.8, 4) is 0 Å². The first-order valence-electron chi connectivity index (χ1n) is 6.94. The Balaban J connectivity index is 1.82. The molecular weight excluding hydrogens is 182 g/mol. The monoisotopic (exact) mass is 209 g/mol. The van der Waals surface area contributed by atoms with Crippen LogP contribution in [0.15, 0.2) is 0 Å². The van der Waals surface area contributed by atoms with Crippen LogP contribution in [0.4, 0.5) is 0 Å². The predicted molar refractivity (Wildman–Crippen MR) is 65.9 cm³/mol. The van der Waals surface area contributed by atoms with Gasteiger partial charge in [0.05, 0.1) is 0 Å². The van der Waals surface area contributed by atoms with E-state index >= 15 is 0 Å². The lowest BCUT2D eigenvalue weighted by molar-refractivity contribution is 0.147. The molecule has 0 heterocycles. The quantitative estimate of drug-likeness (QED) is 0.729. The fourth-order valence-corrected chi connectivity index (χ4v) is 3.29. The summed E-state index contributed by atoms with van der Waals surface area (Å²) in [7, 11) is 0. The van der Waals surface area contributed by atoms with Gasteiger partial charge in [0.1, 0.15) is 0 Å². The molecule has 0 spiro atoms. The van der Waals surface area contributed by atoms with Gasteiger partial charge in [-0.05, 0) is 49.5 Å². The van der Waals surface area contributed by atoms with E-state index in [4.69, 9.17) is 0 Å². The minimum absolute atomic E-state index is 0.715. The van der Waals surface area contributed by atoms with E-state index < -0.39 is 0 Å². The highest BCUT2D eigenvalue weighted by Crippen LogP contribution is 2.53. The van der Waals surface area contributed by atoms with Crippen molar-refractivity contribution < 1.29 is 0 Å². The zero-order valence-electron chi connectivity index (χ0n) is 10.5. The van der Waals surface area contributed by atoms with Gasteiger partial charge in [-0.3, -0.25) is 0 Å². The molecule has 2 rings (SSSR count). The largest absolute Gasteiger partial charge is 0.316 e. The van der Waals surface area contributed by atoms with Gasteiger partial charge in [0, 0.05) is 6.54 Å². The normalized spacial score (nSPS) is 25.8. The smallest absolute Gasteiger partial charge is 0.00106 e. The molecule has 0 saturated heterocycles. The Morgan fingerprint density at radius 1 is 1.13 bits per heavy atom. The second kappa shape index (κ2) is 4.86. The first kappa shape index (κ1) is 11.4. The summed E-state index contributed by atoms with van der Waals surface area (Å²) >= 11 is 0. The third-order valence-electron chi connectivity index (χ3n) is 4.32. The number of hydrogen-bond donors (Lipinski definition) is 1. The van der Waals surface area contributed by atoms with E-state index in [1.165, 1.54) is 58.0 Å². The zero-order valence-corrected chi connectivity index (χ0v) is 10.5. The maximum Gasteiger partial charge on any atom is 0.00106 e. The molecule has 1 N–H and O–H groups in total. The molecular formula is C14H27N. The van der Waals surface area contributed by atoms with E-state index in [9.17, 15) is 0 Å². The molecule has 2 aliphatic rings. The van der Waals surface area contributed by atoms with Crippen molar-refractivity contribution in [3.05, 3.63) is 0 Å². The van der Waals surface area contributed by atoms with Gasteiger partial charge in [-0.2, -0.15) is 0 Å². The molecule has 0 bridgehead atoms. The topological polar surface area (TPSA) is 12.0 Å². The lowest BCUT2D eigenvalue weighted by atomic mass is 9.70. The van der Waals surface area contributed by atoms with Gasteiger partial charge in [-0.1, -0.05) is 33.1 Å². The Morgan fingerprint density at radius 3 is 2.33 bits per heavy atom. The number of nitrogens with one attached hydrogen (secondary N) is 1. The minimum Gasteiger partial charge on any atom is -0.316 e. The molecule has 0 aromatic carbocycles. The van der Waals surface area contributed by atoms with Crippen LogP contribution in [-0.4, -0.2) is 13.1 Å². The molecule has 0 aromatic heterocycles. The molecule has 0 amide bonds. The molecule has 0 radical (unpaired) electrons. The van der Waals surface area contributed by atoms with Gasteiger partial charge in [-0.25, -0.2) is 0 Å². The van der Waals surface area contributed by atoms with Gasteiger partial charge in [-0.15, -0.1) is 0 Å². The second-order valence-corrected chi connectivity index (χ2v) is 6.22. The van der Waals surface area contributed by atoms with Crippen molar-refractivity contribution in [1.29, 1.82) is 0 Å². The van der Waals surface area contributed by atoms with E-state index in [2.05, 4.69) is 19.2 Å². The molecule has 1 heteroatoms. The van der Waals surface area contributed by atoms with Crippen molar-refractivity contribution in [1.82, 2.24) is 5.32 Å². The van der Waals surface area contributed by atoms with Crippen LogP contribution in [0.1, 0.15) is 58.8 Å². The van der Waals surface area contributed by atoms with Crippen LogP contribution in [-0.2, 0) is 0 Å². The second-order valence-electron chi connectivity index (χ2n) is 6.22. The summed E-state index contributed by atoms with van der Waals surface area (Å²) in [5, 5.41) is 3.72. The van der Waals surface area contributed by atoms with E-state index in [1.54, 1.807) is 0 Å². The zero-order chi connectivity index (χ0) is 10.7. The summed E-state index contributed by atoms with van der Waals surface area (Å²) in [4.78, 5) is 0. The van der Waals surface area contributed by atoms with Crippen LogP contribution >= 0.6 is 0 Å². The Kier molecular flexibility index (Phi) is 3.71. The molecule has 1 nitrogen and oxygen atoms in total. The van der Waals surface area contributed by atoms with E-state index in [0.29, 0.717) is 5.41 Å². The maximum absolute atomic E-state index is 3.72. The highest BCUT2D eigenvalue weighted by molar-refractivity contribution is 4.97. The molecule has 0 unspecified atom stereocenters. The van der Waals surface area contributed by atoms with Gasteiger partial charge in [0.15, 0.2) is 0 Å². The molecule has 2 saturated carbocycles. The van der Waals surface area contributed by atoms with Crippen LogP contribution in [0.2, 0.25) is 0 Å². The summed E-state index contributed by atoms with van der Waals surface area (Å²) in [5.74, 6) is 1.88. The first-order chi connectivity index (χ1) is 7.23. The lowest BCUT2D eigenvalue weighted by Gasteiger charge is -2.38. The average molecular weight is 209 g/mol. The fraction of sp³-hybridized carbons (Fsp3) is 1.00. The van der Waals surface area contributed by atoms with Crippen molar-refractivity contribution >= 4 is 0 Å². The summed E-state index contributed by atoms with van der Waals surface area (Å²) in [6.45, 7) is 7.11. The minimum atomic E-state index is 0.715. The van der Waals surface area contributed by atoms with E-state index in [0.717, 1.165) is 11.8 Å². The third-order valence-corrected chi connectivity index (χ3v) is 4.32. The standard InChI is InChI=1S/C14H27N/c1-12(2)10-15-11-14(13-6-7-13)8-4-3-5-9-14/h12-13,15H,3-11H2,1-2H3. The van der Waals surface area contributed by atoms with Gasteiger partial charge in [0.2, 0.25) is 0 Å². The van der Waals surface area contributed by atoms with Crippen molar-refractivity contribution in [2.75, 3.05) is 13.1 Å². The van der Waals surface area contributed by atoms with Crippen molar-refractivity contribution in [2.24, 2.45) is 17.3 Å². The van der Waals surface area contributed by atoms with Crippen molar-refractivity contribution in [2.45, 2.75) is 58.8 Å². The first-order valence-corrected chi connectivity index (χ1v) is 6.94. The van der Waals surface area contributed by atoms with Gasteiger partial charge in [0.25, 0.3) is 0 Å². The van der Waals surface area contributed by atoms with Crippen LogP contribution < -0.4 is 5.32 Å². The molecule has 0 aliphatic heterocycles. The average Bonchev–Trinajstić information content (AvgIpc) is 3.02. The summed E-state index contributed by atoms with van der Waals surface area (Å²) < 4.78 is 0. The van der Waals surface area contributed by atoms with E-state index in [-0.39, 0.29) is 0 Å². The summed E-state index contributed by atoms with van der Waals surface area (Å²) in [6.07, 6.45) is 10.5. The van der Waals surface area contributed by atoms with Crippen LogP contribution in [0.3, 0.4) is 0 Å². The number of hydrogen-bond acceptors (Lipinski definition) is 1. The highest BCUT2D eigenvalue weighted by atomic mass is 14.9. The molecule has 15 heavy (non-hydrogen) atoms. The summed E-state index contributed by atoms with van der Waals surface area (Å²) in [5.41, 5.74) is 0.715. The third kappa shape index (κ3) is 2.96. The molecule has 88 valence electrons. The number of rotatable bonds is 5. The SMILES string of the molecule is CC(C)CNCC1(C2CC2)CCCCC1. The molecule has 2 aliphatic carbocycles. The van der Waals surface area contributed by atoms with Gasteiger partial charge >= 0.3 is 0 Å². The Bertz CT molecular complexity index is 188. The Morgan fingerprint density at radius 2 is 1.80 bits per heavy atom. The van der Waals surface area contributed by atoms with Crippen LogP contribution in [0, 0.1) is 17.3 Å². The molecule has 0 atom stereocenters. The predicted octanol–water partition coefficient (Wildman–Crippen LogP) is 3.59. The lowest BCUT2D eigenvalue weighted by Crippen LogP contribution is -2.39. The molecule has 0 aromatic rings. The van der Waals surface area contributed by atoms with Crippen LogP contribution in [0.25, 0.3) is 0 Å². The van der Waals surface area contributed by atoms with Gasteiger partial charge < -0.3 is 5.32 Å². The maximum atomic E-state index is 3.72. The van der Waals surface area contributed by atoms with Crippen molar-refractivity contribution in [3.63, 3.8) is 0 Å². The highest BCUT2D eigenvalue weighted by Gasteiger charge is 2.44. The Labute approximate surface area is 95.0 Å². The summed E-state index contributed by atoms with van der Waals surface area (Å²) in [6, 6.07) is 0. The Hall–Kier alpha value is -0.0400. The fourth-order valence-electron chi connectivity index (χ4n) is 3.29. The van der Waals surface area contributed by atoms with E-state index in [1.807, 2.05) is 0 Å². The molecule has 2 fully saturated rings.